The first-order valence-corrected chi connectivity index (χ1v) is 9.44. The lowest BCUT2D eigenvalue weighted by Crippen LogP contribution is -2.38. The van der Waals surface area contributed by atoms with Crippen LogP contribution in [0.3, 0.4) is 0 Å². The van der Waals surface area contributed by atoms with E-state index in [1.807, 2.05) is 38.1 Å². The Morgan fingerprint density at radius 2 is 1.88 bits per heavy atom. The summed E-state index contributed by atoms with van der Waals surface area (Å²) in [5, 5.41) is 7.10. The topological polar surface area (TPSA) is 64.4 Å². The van der Waals surface area contributed by atoms with Gasteiger partial charge in [-0.2, -0.15) is 0 Å². The van der Waals surface area contributed by atoms with Crippen LogP contribution in [0.15, 0.2) is 28.8 Å². The zero-order valence-electron chi connectivity index (χ0n) is 15.9. The summed E-state index contributed by atoms with van der Waals surface area (Å²) in [5.41, 5.74) is 2.83. The van der Waals surface area contributed by atoms with Crippen molar-refractivity contribution in [2.75, 3.05) is 0 Å². The quantitative estimate of drug-likeness (QED) is 0.846. The Bertz CT molecular complexity index is 709. The molecule has 0 unspecified atom stereocenters. The summed E-state index contributed by atoms with van der Waals surface area (Å²) in [6.07, 6.45) is 5.03. The minimum absolute atomic E-state index is 0.106. The Kier molecular flexibility index (Phi) is 5.96. The molecule has 5 heteroatoms. The van der Waals surface area contributed by atoms with Gasteiger partial charge in [-0.3, -0.25) is 4.79 Å². The number of nitrogens with zero attached hydrogens (tertiary/aromatic N) is 1. The van der Waals surface area contributed by atoms with Gasteiger partial charge < -0.3 is 14.6 Å². The van der Waals surface area contributed by atoms with Gasteiger partial charge in [0.25, 0.3) is 0 Å². The monoisotopic (exact) mass is 356 g/mol. The van der Waals surface area contributed by atoms with Crippen LogP contribution in [0.5, 0.6) is 5.75 Å². The molecule has 0 aliphatic heterocycles. The number of amides is 1. The molecular weight excluding hydrogens is 328 g/mol. The first-order valence-electron chi connectivity index (χ1n) is 9.44. The Morgan fingerprint density at radius 1 is 1.19 bits per heavy atom. The van der Waals surface area contributed by atoms with E-state index in [1.54, 1.807) is 0 Å². The van der Waals surface area contributed by atoms with E-state index in [2.05, 4.69) is 17.4 Å². The van der Waals surface area contributed by atoms with Crippen LogP contribution < -0.4 is 10.1 Å². The van der Waals surface area contributed by atoms with Gasteiger partial charge in [-0.15, -0.1) is 0 Å². The number of aryl methyl sites for hydroxylation is 2. The SMILES string of the molecule is Cc1noc(C)c1COc1ccc(CC(=O)NC2CCC(C)CC2)cc1. The second kappa shape index (κ2) is 8.39. The van der Waals surface area contributed by atoms with Crippen molar-refractivity contribution < 1.29 is 14.1 Å². The van der Waals surface area contributed by atoms with Gasteiger partial charge in [0.15, 0.2) is 0 Å². The molecule has 1 heterocycles. The lowest BCUT2D eigenvalue weighted by Gasteiger charge is -2.26. The van der Waals surface area contributed by atoms with Crippen molar-refractivity contribution in [2.24, 2.45) is 5.92 Å². The number of aromatic nitrogens is 1. The van der Waals surface area contributed by atoms with Gasteiger partial charge >= 0.3 is 0 Å². The van der Waals surface area contributed by atoms with Crippen LogP contribution in [0.2, 0.25) is 0 Å². The molecule has 0 atom stereocenters. The highest BCUT2D eigenvalue weighted by molar-refractivity contribution is 5.78. The molecule has 1 amide bonds. The molecule has 1 aromatic heterocycles. The van der Waals surface area contributed by atoms with Crippen LogP contribution in [0.25, 0.3) is 0 Å². The van der Waals surface area contributed by atoms with Gasteiger partial charge in [0.1, 0.15) is 18.1 Å². The van der Waals surface area contributed by atoms with Crippen LogP contribution in [-0.2, 0) is 17.8 Å². The van der Waals surface area contributed by atoms with Crippen molar-refractivity contribution in [1.82, 2.24) is 10.5 Å². The maximum Gasteiger partial charge on any atom is 0.224 e. The van der Waals surface area contributed by atoms with E-state index in [1.165, 1.54) is 12.8 Å². The van der Waals surface area contributed by atoms with Crippen molar-refractivity contribution in [1.29, 1.82) is 0 Å². The summed E-state index contributed by atoms with van der Waals surface area (Å²) in [7, 11) is 0. The van der Waals surface area contributed by atoms with Gasteiger partial charge in [-0.25, -0.2) is 0 Å². The molecule has 0 saturated heterocycles. The minimum atomic E-state index is 0.106. The summed E-state index contributed by atoms with van der Waals surface area (Å²) >= 11 is 0. The smallest absolute Gasteiger partial charge is 0.224 e. The molecular formula is C21H28N2O3. The largest absolute Gasteiger partial charge is 0.489 e. The standard InChI is InChI=1S/C21H28N2O3/c1-14-4-8-18(9-5-14)22-21(24)12-17-6-10-19(11-7-17)25-13-20-15(2)23-26-16(20)3/h6-7,10-11,14,18H,4-5,8-9,12-13H2,1-3H3,(H,22,24). The zero-order valence-corrected chi connectivity index (χ0v) is 15.9. The minimum Gasteiger partial charge on any atom is -0.489 e. The van der Waals surface area contributed by atoms with Crippen molar-refractivity contribution in [3.05, 3.63) is 46.8 Å². The average Bonchev–Trinajstić information content (AvgIpc) is 2.94. The van der Waals surface area contributed by atoms with Crippen LogP contribution in [0, 0.1) is 19.8 Å². The Balaban J connectivity index is 1.47. The van der Waals surface area contributed by atoms with Crippen LogP contribution in [-0.4, -0.2) is 17.1 Å². The number of carbonyl (C=O) groups excluding carboxylic acids is 1. The normalized spacial score (nSPS) is 20.0. The van der Waals surface area contributed by atoms with Gasteiger partial charge in [-0.1, -0.05) is 24.2 Å². The van der Waals surface area contributed by atoms with E-state index < -0.39 is 0 Å². The summed E-state index contributed by atoms with van der Waals surface area (Å²) in [4.78, 5) is 12.2. The molecule has 5 nitrogen and oxygen atoms in total. The zero-order chi connectivity index (χ0) is 18.5. The van der Waals surface area contributed by atoms with E-state index >= 15 is 0 Å². The number of carbonyl (C=O) groups is 1. The molecule has 1 aromatic carbocycles. The summed E-state index contributed by atoms with van der Waals surface area (Å²) < 4.78 is 10.9. The second-order valence-corrected chi connectivity index (χ2v) is 7.44. The molecule has 0 spiro atoms. The molecule has 26 heavy (non-hydrogen) atoms. The van der Waals surface area contributed by atoms with Crippen LogP contribution in [0.1, 0.15) is 55.2 Å². The molecule has 3 rings (SSSR count). The lowest BCUT2D eigenvalue weighted by atomic mass is 9.87. The van der Waals surface area contributed by atoms with E-state index in [-0.39, 0.29) is 5.91 Å². The molecule has 1 aliphatic rings. The highest BCUT2D eigenvalue weighted by Crippen LogP contribution is 2.23. The van der Waals surface area contributed by atoms with Crippen LogP contribution >= 0.6 is 0 Å². The predicted molar refractivity (Wildman–Crippen MR) is 100 cm³/mol. The fraction of sp³-hybridized carbons (Fsp3) is 0.524. The molecule has 1 N–H and O–H groups in total. The number of hydrogen-bond donors (Lipinski definition) is 1. The second-order valence-electron chi connectivity index (χ2n) is 7.44. The Labute approximate surface area is 155 Å². The van der Waals surface area contributed by atoms with Crippen molar-refractivity contribution >= 4 is 5.91 Å². The molecule has 2 aromatic rings. The summed E-state index contributed by atoms with van der Waals surface area (Å²) in [5.74, 6) is 2.46. The molecule has 1 saturated carbocycles. The van der Waals surface area contributed by atoms with Crippen molar-refractivity contribution in [3.8, 4) is 5.75 Å². The van der Waals surface area contributed by atoms with Gasteiger partial charge in [0.2, 0.25) is 5.91 Å². The maximum atomic E-state index is 12.2. The Morgan fingerprint density at radius 3 is 2.50 bits per heavy atom. The first kappa shape index (κ1) is 18.5. The maximum absolute atomic E-state index is 12.2. The third-order valence-electron chi connectivity index (χ3n) is 5.23. The predicted octanol–water partition coefficient (Wildman–Crippen LogP) is 4.11. The van der Waals surface area contributed by atoms with E-state index in [0.717, 1.165) is 47.1 Å². The molecule has 0 bridgehead atoms. The molecule has 0 radical (unpaired) electrons. The highest BCUT2D eigenvalue weighted by atomic mass is 16.5. The van der Waals surface area contributed by atoms with Crippen molar-refractivity contribution in [2.45, 2.75) is 65.5 Å². The van der Waals surface area contributed by atoms with Gasteiger partial charge in [-0.05, 0) is 63.1 Å². The third kappa shape index (κ3) is 4.87. The average molecular weight is 356 g/mol. The number of benzene rings is 1. The Hall–Kier alpha value is -2.30. The third-order valence-corrected chi connectivity index (χ3v) is 5.23. The van der Waals surface area contributed by atoms with Crippen molar-refractivity contribution in [3.63, 3.8) is 0 Å². The van der Waals surface area contributed by atoms with E-state index in [9.17, 15) is 4.79 Å². The van der Waals surface area contributed by atoms with E-state index in [4.69, 9.17) is 9.26 Å². The molecule has 1 aliphatic carbocycles. The first-order chi connectivity index (χ1) is 12.5. The lowest BCUT2D eigenvalue weighted by molar-refractivity contribution is -0.121. The molecule has 140 valence electrons. The highest BCUT2D eigenvalue weighted by Gasteiger charge is 2.19. The summed E-state index contributed by atoms with van der Waals surface area (Å²) in [6.45, 7) is 6.51. The number of nitrogens with one attached hydrogen (secondary N) is 1. The number of rotatable bonds is 6. The van der Waals surface area contributed by atoms with Gasteiger partial charge in [0.05, 0.1) is 17.7 Å². The molecule has 1 fully saturated rings. The fourth-order valence-corrected chi connectivity index (χ4v) is 3.44. The van der Waals surface area contributed by atoms with Crippen LogP contribution in [0.4, 0.5) is 0 Å². The fourth-order valence-electron chi connectivity index (χ4n) is 3.44. The summed E-state index contributed by atoms with van der Waals surface area (Å²) in [6, 6.07) is 8.05. The van der Waals surface area contributed by atoms with E-state index in [0.29, 0.717) is 19.1 Å². The number of hydrogen-bond acceptors (Lipinski definition) is 4. The van der Waals surface area contributed by atoms with Gasteiger partial charge in [0, 0.05) is 6.04 Å². The number of ether oxygens (including phenoxy) is 1.